The molecule has 2 aromatic carbocycles. The Labute approximate surface area is 166 Å². The maximum atomic E-state index is 11.3. The van der Waals surface area contributed by atoms with E-state index < -0.39 is 9.85 Å². The number of nitro benzene ring substituents is 2. The quantitative estimate of drug-likeness (QED) is 0.363. The van der Waals surface area contributed by atoms with Crippen LogP contribution in [0.1, 0.15) is 32.3 Å². The number of rotatable bonds is 7. The van der Waals surface area contributed by atoms with Gasteiger partial charge < -0.3 is 4.74 Å². The highest BCUT2D eigenvalue weighted by atomic mass is 32.2. The maximum absolute atomic E-state index is 11.3. The van der Waals surface area contributed by atoms with Gasteiger partial charge in [0.25, 0.3) is 11.4 Å². The molecule has 9 heteroatoms. The molecule has 0 heterocycles. The Morgan fingerprint density at radius 1 is 1.14 bits per heavy atom. The summed E-state index contributed by atoms with van der Waals surface area (Å²) < 4.78 is 10.0. The zero-order valence-corrected chi connectivity index (χ0v) is 16.3. The largest absolute Gasteiger partial charge is 0.494 e. The Balaban J connectivity index is 1.82. The minimum Gasteiger partial charge on any atom is -0.494 e. The van der Waals surface area contributed by atoms with Crippen LogP contribution in [-0.2, 0) is 5.41 Å². The summed E-state index contributed by atoms with van der Waals surface area (Å²) in [5, 5.41) is 22.1. The predicted octanol–water partition coefficient (Wildman–Crippen LogP) is 5.10. The number of hydrogen-bond donors (Lipinski definition) is 0. The third-order valence-electron chi connectivity index (χ3n) is 4.91. The molecule has 0 aliphatic heterocycles. The number of benzene rings is 2. The van der Waals surface area contributed by atoms with Gasteiger partial charge in [-0.05, 0) is 43.5 Å². The van der Waals surface area contributed by atoms with E-state index in [1.54, 1.807) is 0 Å². The van der Waals surface area contributed by atoms with Gasteiger partial charge in [-0.25, -0.2) is 4.40 Å². The summed E-state index contributed by atoms with van der Waals surface area (Å²) in [6.07, 6.45) is 1.74. The number of hydrogen-bond acceptors (Lipinski definition) is 7. The molecule has 0 aromatic heterocycles. The van der Waals surface area contributed by atoms with E-state index in [2.05, 4.69) is 11.3 Å². The van der Waals surface area contributed by atoms with E-state index >= 15 is 0 Å². The van der Waals surface area contributed by atoms with Gasteiger partial charge in [0.15, 0.2) is 0 Å². The Hall–Kier alpha value is -2.94. The van der Waals surface area contributed by atoms with E-state index in [1.807, 2.05) is 31.2 Å². The van der Waals surface area contributed by atoms with Gasteiger partial charge in [0.05, 0.1) is 22.5 Å². The average molecular weight is 401 g/mol. The molecule has 1 aliphatic carbocycles. The zero-order valence-electron chi connectivity index (χ0n) is 15.5. The minimum absolute atomic E-state index is 0.229. The van der Waals surface area contributed by atoms with Crippen LogP contribution in [0.15, 0.2) is 51.8 Å². The molecule has 0 radical (unpaired) electrons. The highest BCUT2D eigenvalue weighted by Gasteiger charge is 2.41. The molecule has 146 valence electrons. The van der Waals surface area contributed by atoms with Crippen LogP contribution in [0.25, 0.3) is 0 Å². The van der Waals surface area contributed by atoms with Gasteiger partial charge in [0, 0.05) is 29.1 Å². The Morgan fingerprint density at radius 2 is 1.86 bits per heavy atom. The molecule has 1 fully saturated rings. The van der Waals surface area contributed by atoms with Crippen molar-refractivity contribution < 1.29 is 14.6 Å². The van der Waals surface area contributed by atoms with E-state index in [0.29, 0.717) is 6.61 Å². The van der Waals surface area contributed by atoms with E-state index in [0.717, 1.165) is 47.9 Å². The standard InChI is InChI=1S/C19H19N3O5S/c1-3-27-15-7-4-13(5-8-15)19(2)11-10-18(19)20-28-17-9-6-14(21(23)24)12-16(17)22(25)26/h4-9,12H,3,10-11H2,1-2H3/b20-18+. The lowest BCUT2D eigenvalue weighted by molar-refractivity contribution is -0.396. The van der Waals surface area contributed by atoms with Crippen molar-refractivity contribution in [2.75, 3.05) is 6.61 Å². The molecule has 0 bridgehead atoms. The summed E-state index contributed by atoms with van der Waals surface area (Å²) in [4.78, 5) is 21.1. The molecule has 1 aliphatic rings. The molecule has 0 amide bonds. The second kappa shape index (κ2) is 7.97. The fourth-order valence-electron chi connectivity index (χ4n) is 3.10. The molecule has 8 nitrogen and oxygen atoms in total. The van der Waals surface area contributed by atoms with Crippen LogP contribution in [-0.4, -0.2) is 22.2 Å². The number of non-ortho nitro benzene ring substituents is 1. The van der Waals surface area contributed by atoms with Crippen molar-refractivity contribution in [1.29, 1.82) is 0 Å². The van der Waals surface area contributed by atoms with Gasteiger partial charge >= 0.3 is 0 Å². The van der Waals surface area contributed by atoms with Gasteiger partial charge in [-0.2, -0.15) is 0 Å². The van der Waals surface area contributed by atoms with E-state index in [1.165, 1.54) is 12.1 Å². The fraction of sp³-hybridized carbons (Fsp3) is 0.316. The number of nitrogens with zero attached hydrogens (tertiary/aromatic N) is 3. The lowest BCUT2D eigenvalue weighted by atomic mass is 9.64. The lowest BCUT2D eigenvalue weighted by Crippen LogP contribution is -2.42. The normalized spacial score (nSPS) is 19.9. The molecular formula is C19H19N3O5S. The highest BCUT2D eigenvalue weighted by Crippen LogP contribution is 2.44. The minimum atomic E-state index is -0.651. The molecule has 28 heavy (non-hydrogen) atoms. The molecule has 3 rings (SSSR count). The van der Waals surface area contributed by atoms with E-state index in [4.69, 9.17) is 4.74 Å². The van der Waals surface area contributed by atoms with Gasteiger partial charge in [-0.15, -0.1) is 0 Å². The molecule has 2 aromatic rings. The maximum Gasteiger partial charge on any atom is 0.291 e. The van der Waals surface area contributed by atoms with Crippen molar-refractivity contribution in [3.8, 4) is 5.75 Å². The Bertz CT molecular complexity index is 945. The summed E-state index contributed by atoms with van der Waals surface area (Å²) in [6.45, 7) is 4.63. The third kappa shape index (κ3) is 3.84. The van der Waals surface area contributed by atoms with Crippen LogP contribution in [0.4, 0.5) is 11.4 Å². The van der Waals surface area contributed by atoms with Crippen LogP contribution in [0.3, 0.4) is 0 Å². The summed E-state index contributed by atoms with van der Waals surface area (Å²) in [5.41, 5.74) is 1.19. The van der Waals surface area contributed by atoms with Crippen LogP contribution in [0, 0.1) is 20.2 Å². The monoisotopic (exact) mass is 401 g/mol. The fourth-order valence-corrected chi connectivity index (χ4v) is 3.96. The van der Waals surface area contributed by atoms with E-state index in [9.17, 15) is 20.2 Å². The topological polar surface area (TPSA) is 108 Å². The molecular weight excluding hydrogens is 382 g/mol. The molecule has 0 spiro atoms. The first kappa shape index (κ1) is 19.8. The van der Waals surface area contributed by atoms with Crippen LogP contribution >= 0.6 is 11.9 Å². The summed E-state index contributed by atoms with van der Waals surface area (Å²) in [5.74, 6) is 0.809. The van der Waals surface area contributed by atoms with Gasteiger partial charge in [-0.1, -0.05) is 19.1 Å². The lowest BCUT2D eigenvalue weighted by Gasteiger charge is -2.40. The van der Waals surface area contributed by atoms with Crippen LogP contribution in [0.5, 0.6) is 5.75 Å². The second-order valence-electron chi connectivity index (χ2n) is 6.59. The van der Waals surface area contributed by atoms with Crippen molar-refractivity contribution in [3.63, 3.8) is 0 Å². The van der Waals surface area contributed by atoms with E-state index in [-0.39, 0.29) is 21.7 Å². The predicted molar refractivity (Wildman–Crippen MR) is 107 cm³/mol. The molecule has 0 N–H and O–H groups in total. The van der Waals surface area contributed by atoms with Crippen molar-refractivity contribution in [1.82, 2.24) is 0 Å². The van der Waals surface area contributed by atoms with Crippen molar-refractivity contribution >= 4 is 29.0 Å². The Kier molecular flexibility index (Phi) is 5.64. The van der Waals surface area contributed by atoms with Gasteiger partial charge in [-0.3, -0.25) is 20.2 Å². The van der Waals surface area contributed by atoms with Crippen molar-refractivity contribution in [2.24, 2.45) is 4.40 Å². The summed E-state index contributed by atoms with van der Waals surface area (Å²) in [7, 11) is 0. The Morgan fingerprint density at radius 3 is 2.39 bits per heavy atom. The zero-order chi connectivity index (χ0) is 20.3. The first-order valence-corrected chi connectivity index (χ1v) is 9.53. The summed E-state index contributed by atoms with van der Waals surface area (Å²) >= 11 is 0.987. The number of ether oxygens (including phenoxy) is 1. The number of nitro groups is 2. The first-order chi connectivity index (χ1) is 13.3. The molecule has 1 saturated carbocycles. The van der Waals surface area contributed by atoms with Crippen molar-refractivity contribution in [2.45, 2.75) is 37.0 Å². The summed E-state index contributed by atoms with van der Waals surface area (Å²) in [6, 6.07) is 11.5. The SMILES string of the molecule is CCOc1ccc(C2(C)CC/C2=N\Sc2ccc([N+](=O)[O-])cc2[N+](=O)[O-])cc1. The molecule has 1 unspecified atom stereocenters. The third-order valence-corrected chi connectivity index (χ3v) is 5.76. The van der Waals surface area contributed by atoms with Gasteiger partial charge in [0.1, 0.15) is 10.6 Å². The first-order valence-electron chi connectivity index (χ1n) is 8.75. The second-order valence-corrected chi connectivity index (χ2v) is 7.39. The van der Waals surface area contributed by atoms with Crippen molar-refractivity contribution in [3.05, 3.63) is 68.3 Å². The average Bonchev–Trinajstić information content (AvgIpc) is 2.67. The van der Waals surface area contributed by atoms with Crippen LogP contribution in [0.2, 0.25) is 0 Å². The highest BCUT2D eigenvalue weighted by molar-refractivity contribution is 7.98. The van der Waals surface area contributed by atoms with Gasteiger partial charge in [0.2, 0.25) is 0 Å². The van der Waals surface area contributed by atoms with Crippen LogP contribution < -0.4 is 4.74 Å². The molecule has 0 saturated heterocycles. The smallest absolute Gasteiger partial charge is 0.291 e. The molecule has 1 atom stereocenters.